The van der Waals surface area contributed by atoms with Crippen LogP contribution in [0.3, 0.4) is 0 Å². The molecule has 4 aromatic carbocycles. The predicted molar refractivity (Wildman–Crippen MR) is 203 cm³/mol. The van der Waals surface area contributed by atoms with E-state index in [4.69, 9.17) is 14.1 Å². The Hall–Kier alpha value is -5.48. The fourth-order valence-corrected chi connectivity index (χ4v) is 7.82. The van der Waals surface area contributed by atoms with Crippen LogP contribution in [-0.4, -0.2) is 70.4 Å². The zero-order valence-electron chi connectivity index (χ0n) is 30.8. The number of benzene rings is 4. The van der Waals surface area contributed by atoms with Crippen molar-refractivity contribution < 1.29 is 37.3 Å². The molecule has 0 bridgehead atoms. The number of nitrogens with zero attached hydrogens (tertiary/aromatic N) is 4. The minimum Gasteiger partial charge on any atom is -0.496 e. The third kappa shape index (κ3) is 7.87. The molecular weight excluding hydrogens is 709 g/mol. The molecule has 12 heteroatoms. The van der Waals surface area contributed by atoms with E-state index in [2.05, 4.69) is 11.0 Å². The van der Waals surface area contributed by atoms with Crippen LogP contribution in [0.15, 0.2) is 65.1 Å². The van der Waals surface area contributed by atoms with E-state index in [0.717, 1.165) is 45.0 Å². The quantitative estimate of drug-likeness (QED) is 0.136. The number of aliphatic carboxylic acids is 1. The molecule has 2 aliphatic heterocycles. The highest BCUT2D eigenvalue weighted by molar-refractivity contribution is 5.86. The summed E-state index contributed by atoms with van der Waals surface area (Å²) in [4.78, 5) is 20.2. The molecule has 0 radical (unpaired) electrons. The number of methoxy groups -OCH3 is 1. The number of halogens is 3. The lowest BCUT2D eigenvalue weighted by molar-refractivity contribution is -0.141. The van der Waals surface area contributed by atoms with Gasteiger partial charge in [0.2, 0.25) is 5.89 Å². The van der Waals surface area contributed by atoms with Crippen LogP contribution in [0.25, 0.3) is 45.8 Å². The van der Waals surface area contributed by atoms with Crippen molar-refractivity contribution in [1.82, 2.24) is 14.8 Å². The topological polar surface area (TPSA) is 123 Å². The van der Waals surface area contributed by atoms with E-state index in [1.807, 2.05) is 61.2 Å². The van der Waals surface area contributed by atoms with Crippen LogP contribution in [0.5, 0.6) is 5.75 Å². The third-order valence-corrected chi connectivity index (χ3v) is 10.8. The van der Waals surface area contributed by atoms with Crippen LogP contribution >= 0.6 is 0 Å². The van der Waals surface area contributed by atoms with E-state index in [1.54, 1.807) is 12.1 Å². The minimum atomic E-state index is -4.60. The number of aromatic nitrogens is 1. The normalized spacial score (nSPS) is 18.1. The average molecular weight is 751 g/mol. The number of carboxylic acids is 1. The number of fused-ring (bicyclic) bond motifs is 1. The minimum absolute atomic E-state index is 0.0155. The standard InChI is InChI=1S/C43H41F3N4O5/c1-25-28(10-11-29-19-39(54-3)32(18-37(29)43(44,45)46)23-50-15-13-33(51)24-50)6-4-7-34(25)35-8-5-9-36(26(35)2)41-48-38-17-27(16-31(20-47)40(38)55-41)21-49-14-12-30(22-49)42(52)53/h4-11,16-19,30,33,51H,12-15,21-24H2,1-3H3,(H,52,53)/b11-10+/t30-,33-/m0/s1. The Balaban J connectivity index is 1.18. The van der Waals surface area contributed by atoms with E-state index in [-0.39, 0.29) is 12.1 Å². The summed E-state index contributed by atoms with van der Waals surface area (Å²) in [5.74, 6) is -0.503. The molecule has 2 atom stereocenters. The highest BCUT2D eigenvalue weighted by Crippen LogP contribution is 2.39. The van der Waals surface area contributed by atoms with Gasteiger partial charge in [-0.15, -0.1) is 0 Å². The van der Waals surface area contributed by atoms with Gasteiger partial charge in [0.15, 0.2) is 5.58 Å². The Morgan fingerprint density at radius 1 is 0.964 bits per heavy atom. The van der Waals surface area contributed by atoms with Gasteiger partial charge in [-0.25, -0.2) is 4.98 Å². The molecule has 2 N–H and O–H groups in total. The summed E-state index contributed by atoms with van der Waals surface area (Å²) in [6.07, 6.45) is -0.768. The molecule has 2 fully saturated rings. The Labute approximate surface area is 316 Å². The number of hydrogen-bond donors (Lipinski definition) is 2. The summed E-state index contributed by atoms with van der Waals surface area (Å²) in [5, 5.41) is 29.3. The van der Waals surface area contributed by atoms with Crippen LogP contribution in [0.4, 0.5) is 13.2 Å². The van der Waals surface area contributed by atoms with Gasteiger partial charge >= 0.3 is 12.1 Å². The Morgan fingerprint density at radius 2 is 1.65 bits per heavy atom. The first kappa shape index (κ1) is 37.8. The number of likely N-dealkylation sites (tertiary alicyclic amines) is 2. The first-order chi connectivity index (χ1) is 26.3. The highest BCUT2D eigenvalue weighted by atomic mass is 19.4. The molecule has 7 rings (SSSR count). The zero-order chi connectivity index (χ0) is 39.0. The fourth-order valence-electron chi connectivity index (χ4n) is 7.82. The van der Waals surface area contributed by atoms with Gasteiger partial charge in [0.05, 0.1) is 30.3 Å². The number of oxazole rings is 1. The molecule has 9 nitrogen and oxygen atoms in total. The molecular formula is C43H41F3N4O5. The summed E-state index contributed by atoms with van der Waals surface area (Å²) in [6, 6.07) is 19.9. The fraction of sp³-hybridized carbons (Fsp3) is 0.326. The summed E-state index contributed by atoms with van der Waals surface area (Å²) in [5.41, 5.74) is 6.73. The van der Waals surface area contributed by atoms with Crippen molar-refractivity contribution in [2.24, 2.45) is 5.92 Å². The Bertz CT molecular complexity index is 2340. The molecule has 0 saturated carbocycles. The lowest BCUT2D eigenvalue weighted by Crippen LogP contribution is -2.22. The van der Waals surface area contributed by atoms with E-state index < -0.39 is 29.7 Å². The van der Waals surface area contributed by atoms with Gasteiger partial charge in [0, 0.05) is 43.9 Å². The van der Waals surface area contributed by atoms with Crippen molar-refractivity contribution in [3.05, 3.63) is 105 Å². The maximum atomic E-state index is 14.4. The summed E-state index contributed by atoms with van der Waals surface area (Å²) < 4.78 is 55.0. The third-order valence-electron chi connectivity index (χ3n) is 10.8. The number of ether oxygens (including phenoxy) is 1. The number of rotatable bonds is 10. The zero-order valence-corrected chi connectivity index (χ0v) is 30.8. The van der Waals surface area contributed by atoms with Crippen molar-refractivity contribution in [2.75, 3.05) is 33.3 Å². The molecule has 5 aromatic rings. The maximum absolute atomic E-state index is 14.4. The van der Waals surface area contributed by atoms with E-state index in [9.17, 15) is 33.4 Å². The number of aliphatic hydroxyl groups is 1. The molecule has 0 aliphatic carbocycles. The number of alkyl halides is 3. The first-order valence-electron chi connectivity index (χ1n) is 18.2. The second-order valence-electron chi connectivity index (χ2n) is 14.4. The van der Waals surface area contributed by atoms with Crippen molar-refractivity contribution in [3.8, 4) is 34.4 Å². The van der Waals surface area contributed by atoms with Crippen LogP contribution < -0.4 is 4.74 Å². The molecule has 0 spiro atoms. The van der Waals surface area contributed by atoms with Crippen LogP contribution in [0.2, 0.25) is 0 Å². The number of aliphatic hydroxyl groups excluding tert-OH is 1. The highest BCUT2D eigenvalue weighted by Gasteiger charge is 2.35. The SMILES string of the molecule is COc1cc(/C=C/c2cccc(-c3cccc(-c4nc5cc(CN6CC[C@H](C(=O)O)C6)cc(C#N)c5o4)c3C)c2C)c(C(F)(F)F)cc1CN1CC[C@H](O)C1. The van der Waals surface area contributed by atoms with Crippen molar-refractivity contribution in [3.63, 3.8) is 0 Å². The van der Waals surface area contributed by atoms with Gasteiger partial charge in [0.1, 0.15) is 17.3 Å². The number of nitriles is 1. The molecule has 1 aromatic heterocycles. The summed E-state index contributed by atoms with van der Waals surface area (Å²) >= 11 is 0. The second-order valence-corrected chi connectivity index (χ2v) is 14.4. The smallest absolute Gasteiger partial charge is 0.417 e. The van der Waals surface area contributed by atoms with Gasteiger partial charge in [-0.1, -0.05) is 42.5 Å². The largest absolute Gasteiger partial charge is 0.496 e. The molecule has 284 valence electrons. The molecule has 3 heterocycles. The lowest BCUT2D eigenvalue weighted by atomic mass is 9.91. The van der Waals surface area contributed by atoms with Crippen LogP contribution in [0.1, 0.15) is 57.3 Å². The molecule has 0 amide bonds. The lowest BCUT2D eigenvalue weighted by Gasteiger charge is -2.20. The number of hydrogen-bond acceptors (Lipinski definition) is 8. The van der Waals surface area contributed by atoms with E-state index in [1.165, 1.54) is 19.3 Å². The summed E-state index contributed by atoms with van der Waals surface area (Å²) in [7, 11) is 1.44. The molecule has 0 unspecified atom stereocenters. The van der Waals surface area contributed by atoms with Gasteiger partial charge < -0.3 is 19.4 Å². The second kappa shape index (κ2) is 15.3. The van der Waals surface area contributed by atoms with Crippen LogP contribution in [-0.2, 0) is 24.1 Å². The predicted octanol–water partition coefficient (Wildman–Crippen LogP) is 8.32. The first-order valence-corrected chi connectivity index (χ1v) is 18.2. The van der Waals surface area contributed by atoms with Gasteiger partial charge in [-0.05, 0) is 103 Å². The maximum Gasteiger partial charge on any atom is 0.417 e. The number of β-amino-alcohol motifs (C(OH)–C–C–N with tert-alkyl or cyclic N) is 1. The van der Waals surface area contributed by atoms with Gasteiger partial charge in [-0.2, -0.15) is 18.4 Å². The molecule has 55 heavy (non-hydrogen) atoms. The van der Waals surface area contributed by atoms with Gasteiger partial charge in [0.25, 0.3) is 0 Å². The summed E-state index contributed by atoms with van der Waals surface area (Å²) in [6.45, 7) is 6.73. The van der Waals surface area contributed by atoms with Crippen molar-refractivity contribution >= 4 is 29.2 Å². The van der Waals surface area contributed by atoms with Crippen molar-refractivity contribution in [1.29, 1.82) is 5.26 Å². The molecule has 2 aliphatic rings. The van der Waals surface area contributed by atoms with Crippen molar-refractivity contribution in [2.45, 2.75) is 52.1 Å². The number of carbonyl (C=O) groups is 1. The Morgan fingerprint density at radius 3 is 2.33 bits per heavy atom. The monoisotopic (exact) mass is 750 g/mol. The Kier molecular flexibility index (Phi) is 10.5. The van der Waals surface area contributed by atoms with Crippen LogP contribution in [0, 0.1) is 31.1 Å². The average Bonchev–Trinajstić information content (AvgIpc) is 3.91. The van der Waals surface area contributed by atoms with E-state index >= 15 is 0 Å². The number of carboxylic acid groups (broad SMARTS) is 1. The van der Waals surface area contributed by atoms with E-state index in [0.29, 0.717) is 79.4 Å². The van der Waals surface area contributed by atoms with Gasteiger partial charge in [-0.3, -0.25) is 14.6 Å². The molecule has 2 saturated heterocycles.